The smallest absolute Gasteiger partial charge is 0.139 e. The van der Waals surface area contributed by atoms with Gasteiger partial charge in [-0.25, -0.2) is 0 Å². The Labute approximate surface area is 143 Å². The minimum Gasteiger partial charge on any atom is -0.492 e. The fourth-order valence-electron chi connectivity index (χ4n) is 2.12. The van der Waals surface area contributed by atoms with E-state index in [1.165, 1.54) is 0 Å². The topological polar surface area (TPSA) is 35.2 Å². The third-order valence-electron chi connectivity index (χ3n) is 3.10. The average molecular weight is 389 g/mol. The summed E-state index contributed by atoms with van der Waals surface area (Å²) in [4.78, 5) is 0. The van der Waals surface area contributed by atoms with Crippen molar-refractivity contribution < 1.29 is 4.74 Å². The van der Waals surface area contributed by atoms with Crippen molar-refractivity contribution in [1.82, 2.24) is 0 Å². The van der Waals surface area contributed by atoms with Gasteiger partial charge in [-0.1, -0.05) is 51.3 Å². The number of nitrogens with two attached hydrogens (primary N) is 1. The first-order chi connectivity index (χ1) is 10.0. The molecule has 5 heteroatoms. The summed E-state index contributed by atoms with van der Waals surface area (Å²) >= 11 is 16.0. The molecule has 0 amide bonds. The molecule has 0 spiro atoms. The lowest BCUT2D eigenvalue weighted by molar-refractivity contribution is 0.340. The lowest BCUT2D eigenvalue weighted by Crippen LogP contribution is -2.14. The van der Waals surface area contributed by atoms with E-state index in [-0.39, 0.29) is 6.04 Å². The van der Waals surface area contributed by atoms with Crippen LogP contribution in [0, 0.1) is 0 Å². The highest BCUT2D eigenvalue weighted by molar-refractivity contribution is 9.10. The van der Waals surface area contributed by atoms with Crippen LogP contribution in [-0.4, -0.2) is 6.61 Å². The molecule has 0 aliphatic heterocycles. The molecule has 0 bridgehead atoms. The Kier molecular flexibility index (Phi) is 5.94. The van der Waals surface area contributed by atoms with Crippen molar-refractivity contribution in [1.29, 1.82) is 0 Å². The van der Waals surface area contributed by atoms with Crippen LogP contribution in [0.5, 0.6) is 5.75 Å². The summed E-state index contributed by atoms with van der Waals surface area (Å²) in [6.07, 6.45) is 0.684. The quantitative estimate of drug-likeness (QED) is 0.744. The molecular formula is C16H16BrCl2NO. The van der Waals surface area contributed by atoms with Crippen LogP contribution in [0.4, 0.5) is 0 Å². The summed E-state index contributed by atoms with van der Waals surface area (Å²) in [7, 11) is 0. The SMILES string of the molecule is CCOc1cc(Cl)c(C(N)Cc2cccc(Br)c2)cc1Cl. The fraction of sp³-hybridized carbons (Fsp3) is 0.250. The van der Waals surface area contributed by atoms with Crippen LogP contribution in [0.25, 0.3) is 0 Å². The molecule has 2 aromatic rings. The van der Waals surface area contributed by atoms with Crippen molar-refractivity contribution in [3.63, 3.8) is 0 Å². The van der Waals surface area contributed by atoms with E-state index in [1.807, 2.05) is 31.2 Å². The maximum Gasteiger partial charge on any atom is 0.139 e. The van der Waals surface area contributed by atoms with Crippen molar-refractivity contribution in [2.24, 2.45) is 5.73 Å². The Balaban J connectivity index is 2.23. The van der Waals surface area contributed by atoms with Gasteiger partial charge in [0.25, 0.3) is 0 Å². The normalized spacial score (nSPS) is 12.2. The molecule has 0 saturated heterocycles. The standard InChI is InChI=1S/C16H16BrCl2NO/c1-2-21-16-9-13(18)12(8-14(16)19)15(20)7-10-4-3-5-11(17)6-10/h3-6,8-9,15H,2,7,20H2,1H3. The second-order valence-electron chi connectivity index (χ2n) is 4.68. The van der Waals surface area contributed by atoms with Crippen molar-refractivity contribution in [3.05, 3.63) is 62.0 Å². The second-order valence-corrected chi connectivity index (χ2v) is 6.41. The highest BCUT2D eigenvalue weighted by atomic mass is 79.9. The molecule has 0 aliphatic carbocycles. The number of hydrogen-bond acceptors (Lipinski definition) is 2. The molecule has 2 N–H and O–H groups in total. The number of ether oxygens (including phenoxy) is 1. The molecule has 2 aromatic carbocycles. The van der Waals surface area contributed by atoms with Gasteiger partial charge in [0.2, 0.25) is 0 Å². The van der Waals surface area contributed by atoms with E-state index in [2.05, 4.69) is 15.9 Å². The van der Waals surface area contributed by atoms with Gasteiger partial charge < -0.3 is 10.5 Å². The molecule has 0 saturated carbocycles. The Hall–Kier alpha value is -0.740. The molecule has 112 valence electrons. The van der Waals surface area contributed by atoms with Gasteiger partial charge in [-0.2, -0.15) is 0 Å². The minimum atomic E-state index is -0.222. The van der Waals surface area contributed by atoms with Gasteiger partial charge in [-0.3, -0.25) is 0 Å². The number of rotatable bonds is 5. The lowest BCUT2D eigenvalue weighted by Gasteiger charge is -2.16. The first-order valence-corrected chi connectivity index (χ1v) is 8.18. The molecule has 0 aromatic heterocycles. The fourth-order valence-corrected chi connectivity index (χ4v) is 3.09. The number of benzene rings is 2. The van der Waals surface area contributed by atoms with Crippen LogP contribution in [0.3, 0.4) is 0 Å². The third kappa shape index (κ3) is 4.36. The first kappa shape index (κ1) is 16.6. The Morgan fingerprint density at radius 2 is 1.95 bits per heavy atom. The summed E-state index contributed by atoms with van der Waals surface area (Å²) < 4.78 is 6.45. The molecular weight excluding hydrogens is 373 g/mol. The summed E-state index contributed by atoms with van der Waals surface area (Å²) in [5.74, 6) is 0.586. The van der Waals surface area contributed by atoms with Gasteiger partial charge in [0.1, 0.15) is 5.75 Å². The number of hydrogen-bond donors (Lipinski definition) is 1. The van der Waals surface area contributed by atoms with Gasteiger partial charge in [0, 0.05) is 21.6 Å². The van der Waals surface area contributed by atoms with E-state index < -0.39 is 0 Å². The molecule has 21 heavy (non-hydrogen) atoms. The lowest BCUT2D eigenvalue weighted by atomic mass is 9.99. The molecule has 0 radical (unpaired) electrons. The van der Waals surface area contributed by atoms with Gasteiger partial charge in [-0.15, -0.1) is 0 Å². The molecule has 2 nitrogen and oxygen atoms in total. The molecule has 0 fully saturated rings. The van der Waals surface area contributed by atoms with Crippen molar-refractivity contribution in [2.45, 2.75) is 19.4 Å². The summed E-state index contributed by atoms with van der Waals surface area (Å²) in [5.41, 5.74) is 8.23. The van der Waals surface area contributed by atoms with E-state index in [9.17, 15) is 0 Å². The Morgan fingerprint density at radius 1 is 1.19 bits per heavy atom. The van der Waals surface area contributed by atoms with Gasteiger partial charge >= 0.3 is 0 Å². The van der Waals surface area contributed by atoms with Gasteiger partial charge in [0.15, 0.2) is 0 Å². The van der Waals surface area contributed by atoms with Crippen LogP contribution >= 0.6 is 39.1 Å². The summed E-state index contributed by atoms with van der Waals surface area (Å²) in [5, 5.41) is 1.10. The van der Waals surface area contributed by atoms with Crippen molar-refractivity contribution >= 4 is 39.1 Å². The summed E-state index contributed by atoms with van der Waals surface area (Å²) in [6.45, 7) is 2.44. The van der Waals surface area contributed by atoms with Crippen LogP contribution in [0.15, 0.2) is 40.9 Å². The largest absolute Gasteiger partial charge is 0.492 e. The van der Waals surface area contributed by atoms with E-state index in [1.54, 1.807) is 12.1 Å². The van der Waals surface area contributed by atoms with Crippen LogP contribution in [0.1, 0.15) is 24.1 Å². The monoisotopic (exact) mass is 387 g/mol. The van der Waals surface area contributed by atoms with Crippen LogP contribution < -0.4 is 10.5 Å². The van der Waals surface area contributed by atoms with Crippen LogP contribution in [0.2, 0.25) is 10.0 Å². The third-order valence-corrected chi connectivity index (χ3v) is 4.21. The Bertz CT molecular complexity index is 634. The predicted molar refractivity (Wildman–Crippen MR) is 92.4 cm³/mol. The van der Waals surface area contributed by atoms with E-state index in [0.29, 0.717) is 28.8 Å². The molecule has 1 unspecified atom stereocenters. The average Bonchev–Trinajstić information content (AvgIpc) is 2.42. The van der Waals surface area contributed by atoms with E-state index >= 15 is 0 Å². The molecule has 2 rings (SSSR count). The predicted octanol–water partition coefficient (Wildman–Crippen LogP) is 5.40. The highest BCUT2D eigenvalue weighted by Crippen LogP contribution is 2.34. The summed E-state index contributed by atoms with van der Waals surface area (Å²) in [6, 6.07) is 11.3. The molecule has 0 heterocycles. The van der Waals surface area contributed by atoms with Crippen molar-refractivity contribution in [2.75, 3.05) is 6.61 Å². The minimum absolute atomic E-state index is 0.222. The second kappa shape index (κ2) is 7.50. The zero-order chi connectivity index (χ0) is 15.4. The number of halogens is 3. The zero-order valence-corrected chi connectivity index (χ0v) is 14.7. The molecule has 1 atom stereocenters. The Morgan fingerprint density at radius 3 is 2.62 bits per heavy atom. The van der Waals surface area contributed by atoms with Gasteiger partial charge in [-0.05, 0) is 42.7 Å². The van der Waals surface area contributed by atoms with E-state index in [4.69, 9.17) is 33.7 Å². The zero-order valence-electron chi connectivity index (χ0n) is 11.6. The maximum atomic E-state index is 6.30. The van der Waals surface area contributed by atoms with Gasteiger partial charge in [0.05, 0.1) is 11.6 Å². The maximum absolute atomic E-state index is 6.30. The van der Waals surface area contributed by atoms with Crippen LogP contribution in [-0.2, 0) is 6.42 Å². The van der Waals surface area contributed by atoms with Crippen molar-refractivity contribution in [3.8, 4) is 5.75 Å². The molecule has 0 aliphatic rings. The van der Waals surface area contributed by atoms with E-state index in [0.717, 1.165) is 15.6 Å². The first-order valence-electron chi connectivity index (χ1n) is 6.63. The highest BCUT2D eigenvalue weighted by Gasteiger charge is 2.15.